The summed E-state index contributed by atoms with van der Waals surface area (Å²) in [6.45, 7) is 0. The summed E-state index contributed by atoms with van der Waals surface area (Å²) in [6, 6.07) is 0. The van der Waals surface area contributed by atoms with Crippen LogP contribution in [0.4, 0.5) is 0 Å². The van der Waals surface area contributed by atoms with Gasteiger partial charge in [-0.2, -0.15) is 0 Å². The van der Waals surface area contributed by atoms with Crippen LogP contribution in [-0.2, 0) is 19.3 Å². The Kier molecular flexibility index (Phi) is 31.8. The molecule has 0 saturated carbocycles. The van der Waals surface area contributed by atoms with Crippen LogP contribution in [0.2, 0.25) is 0 Å². The largest absolute Gasteiger partial charge is 1.00 e. The average molecular weight is 226 g/mol. The van der Waals surface area contributed by atoms with Crippen molar-refractivity contribution in [3.63, 3.8) is 0 Å². The monoisotopic (exact) mass is 226 g/mol. The van der Waals surface area contributed by atoms with Gasteiger partial charge in [-0.05, 0) is 0 Å². The molecule has 0 spiro atoms. The molecular weight excluding hydrogens is 222 g/mol. The van der Waals surface area contributed by atoms with E-state index in [1.807, 2.05) is 0 Å². The summed E-state index contributed by atoms with van der Waals surface area (Å²) in [6.07, 6.45) is 0. The first-order valence-corrected chi connectivity index (χ1v) is 4.00. The quantitative estimate of drug-likeness (QED) is 0.187. The Bertz CT molecular complexity index is 169. The molecule has 0 aliphatic heterocycles. The van der Waals surface area contributed by atoms with E-state index in [-0.39, 0.29) is 70.1 Å². The van der Waals surface area contributed by atoms with E-state index in [0.717, 1.165) is 0 Å². The maximum atomic E-state index is 9.16. The smallest absolute Gasteiger partial charge is 0.761 e. The molecule has 7 nitrogen and oxygen atoms in total. The molecular formula is H4Na2O7S2. The Morgan fingerprint density at radius 1 is 1.09 bits per heavy atom. The normalized spacial score (nSPS) is 10.4. The van der Waals surface area contributed by atoms with Crippen molar-refractivity contribution in [2.45, 2.75) is 0 Å². The van der Waals surface area contributed by atoms with Crippen molar-refractivity contribution in [2.24, 2.45) is 0 Å². The van der Waals surface area contributed by atoms with Crippen molar-refractivity contribution in [1.82, 2.24) is 0 Å². The van der Waals surface area contributed by atoms with Crippen LogP contribution in [0.1, 0.15) is 0 Å². The molecule has 0 fully saturated rings. The van der Waals surface area contributed by atoms with Crippen molar-refractivity contribution >= 4 is 19.3 Å². The molecule has 0 amide bonds. The van der Waals surface area contributed by atoms with Crippen molar-refractivity contribution in [3.05, 3.63) is 0 Å². The maximum Gasteiger partial charge on any atom is 1.00 e. The van der Waals surface area contributed by atoms with Crippen LogP contribution >= 0.6 is 0 Å². The molecule has 1 unspecified atom stereocenters. The molecule has 0 bridgehead atoms. The fourth-order valence-corrected chi connectivity index (χ4v) is 0. The third kappa shape index (κ3) is 18.7. The molecule has 11 heteroatoms. The molecule has 0 saturated heterocycles. The first kappa shape index (κ1) is 29.3. The van der Waals surface area contributed by atoms with Crippen LogP contribution in [0.15, 0.2) is 0 Å². The standard InChI is InChI=1S/2Na.H2O5S2.2H2O/c;;1-6(2)7(3,4)5;;/h;;(H,1,2)(H,3,4,5);2*1H2/q2*+1;;;/p-2. The minimum Gasteiger partial charge on any atom is -0.761 e. The Morgan fingerprint density at radius 2 is 1.18 bits per heavy atom. The van der Waals surface area contributed by atoms with E-state index >= 15 is 0 Å². The summed E-state index contributed by atoms with van der Waals surface area (Å²) in [7, 11) is -8.59. The molecule has 0 aromatic carbocycles. The van der Waals surface area contributed by atoms with Crippen molar-refractivity contribution in [2.75, 3.05) is 0 Å². The van der Waals surface area contributed by atoms with Gasteiger partial charge in [0, 0.05) is 0 Å². The topological polar surface area (TPSA) is 160 Å². The van der Waals surface area contributed by atoms with E-state index in [0.29, 0.717) is 0 Å². The Balaban J connectivity index is -0.0000000300. The molecule has 4 N–H and O–H groups in total. The number of hydrogen-bond acceptors (Lipinski definition) is 5. The minimum absolute atomic E-state index is 0. The fourth-order valence-electron chi connectivity index (χ4n) is 0. The summed E-state index contributed by atoms with van der Waals surface area (Å²) in [5.74, 6) is 0. The van der Waals surface area contributed by atoms with Crippen LogP contribution in [0.3, 0.4) is 0 Å². The van der Waals surface area contributed by atoms with E-state index in [1.165, 1.54) is 0 Å². The molecule has 0 aromatic rings. The summed E-state index contributed by atoms with van der Waals surface area (Å²) in [4.78, 5) is 0. The predicted molar refractivity (Wildman–Crippen MR) is 25.8 cm³/mol. The van der Waals surface area contributed by atoms with E-state index in [4.69, 9.17) is 21.7 Å². The van der Waals surface area contributed by atoms with E-state index < -0.39 is 19.3 Å². The minimum atomic E-state index is -5.07. The zero-order valence-electron chi connectivity index (χ0n) is 5.86. The second kappa shape index (κ2) is 11.9. The summed E-state index contributed by atoms with van der Waals surface area (Å²) >= 11 is 0. The molecule has 1 atom stereocenters. The van der Waals surface area contributed by atoms with Crippen LogP contribution in [-0.4, -0.2) is 32.7 Å². The molecule has 0 aliphatic rings. The zero-order valence-corrected chi connectivity index (χ0v) is 11.5. The van der Waals surface area contributed by atoms with Crippen LogP contribution in [0, 0.1) is 0 Å². The van der Waals surface area contributed by atoms with Crippen molar-refractivity contribution < 1.29 is 91.8 Å². The molecule has 11 heavy (non-hydrogen) atoms. The Hall–Kier alpha value is 1.94. The second-order valence-corrected chi connectivity index (χ2v) is 3.88. The summed E-state index contributed by atoms with van der Waals surface area (Å²) < 4.78 is 45.7. The van der Waals surface area contributed by atoms with Crippen LogP contribution in [0.25, 0.3) is 0 Å². The van der Waals surface area contributed by atoms with Gasteiger partial charge < -0.3 is 20.1 Å². The molecule has 0 radical (unpaired) electrons. The molecule has 60 valence electrons. The molecule has 0 rings (SSSR count). The third-order valence-electron chi connectivity index (χ3n) is 0.167. The van der Waals surface area contributed by atoms with Gasteiger partial charge in [0.15, 0.2) is 9.15 Å². The van der Waals surface area contributed by atoms with Gasteiger partial charge in [-0.25, -0.2) is 8.42 Å². The predicted octanol–water partition coefficient (Wildman–Crippen LogP) is -9.32. The SMILES string of the molecule is O.O.O=S([O-])S(=O)(=O)[O-].[Na+].[Na+]. The van der Waals surface area contributed by atoms with Gasteiger partial charge in [-0.3, -0.25) is 4.21 Å². The van der Waals surface area contributed by atoms with Gasteiger partial charge in [-0.15, -0.1) is 0 Å². The van der Waals surface area contributed by atoms with E-state index in [1.54, 1.807) is 0 Å². The first-order valence-electron chi connectivity index (χ1n) is 1.00. The Morgan fingerprint density at radius 3 is 1.18 bits per heavy atom. The number of rotatable bonds is 1. The Labute approximate surface area is 110 Å². The van der Waals surface area contributed by atoms with Gasteiger partial charge in [0.25, 0.3) is 0 Å². The van der Waals surface area contributed by atoms with Gasteiger partial charge in [0.05, 0.1) is 10.1 Å². The van der Waals surface area contributed by atoms with Crippen LogP contribution < -0.4 is 59.1 Å². The van der Waals surface area contributed by atoms with Crippen molar-refractivity contribution in [1.29, 1.82) is 0 Å². The van der Waals surface area contributed by atoms with Gasteiger partial charge >= 0.3 is 59.1 Å². The fraction of sp³-hybridized carbons (Fsp3) is 0. The molecule has 0 heterocycles. The van der Waals surface area contributed by atoms with Gasteiger partial charge in [-0.1, -0.05) is 0 Å². The van der Waals surface area contributed by atoms with Crippen LogP contribution in [0.5, 0.6) is 0 Å². The first-order chi connectivity index (χ1) is 2.94. The van der Waals surface area contributed by atoms with Gasteiger partial charge in [0.2, 0.25) is 0 Å². The summed E-state index contributed by atoms with van der Waals surface area (Å²) in [5, 5.41) is 0. The second-order valence-electron chi connectivity index (χ2n) is 0.612. The molecule has 0 aromatic heterocycles. The summed E-state index contributed by atoms with van der Waals surface area (Å²) in [5.41, 5.74) is 0. The average Bonchev–Trinajstić information content (AvgIpc) is 1.31. The van der Waals surface area contributed by atoms with Crippen molar-refractivity contribution in [3.8, 4) is 0 Å². The molecule has 0 aliphatic carbocycles. The zero-order chi connectivity index (χ0) is 6.08. The van der Waals surface area contributed by atoms with E-state index in [9.17, 15) is 0 Å². The van der Waals surface area contributed by atoms with Gasteiger partial charge in [0.1, 0.15) is 0 Å². The van der Waals surface area contributed by atoms with E-state index in [2.05, 4.69) is 0 Å². The third-order valence-corrected chi connectivity index (χ3v) is 1.50. The number of hydrogen-bond donors (Lipinski definition) is 0. The maximum absolute atomic E-state index is 9.16.